The summed E-state index contributed by atoms with van der Waals surface area (Å²) >= 11 is 0. The molecule has 1 unspecified atom stereocenters. The van der Waals surface area contributed by atoms with Crippen molar-refractivity contribution in [2.75, 3.05) is 6.61 Å². The second kappa shape index (κ2) is 4.28. The highest BCUT2D eigenvalue weighted by Crippen LogP contribution is 2.42. The smallest absolute Gasteiger partial charge is 0.192 e. The zero-order valence-electron chi connectivity index (χ0n) is 11.6. The topological polar surface area (TPSA) is 29.5 Å². The van der Waals surface area contributed by atoms with Crippen LogP contribution in [-0.4, -0.2) is 25.6 Å². The van der Waals surface area contributed by atoms with E-state index in [9.17, 15) is 5.11 Å². The van der Waals surface area contributed by atoms with Crippen LogP contribution in [0.15, 0.2) is 11.3 Å². The Hall–Kier alpha value is -0.123. The van der Waals surface area contributed by atoms with Crippen molar-refractivity contribution >= 4 is 8.07 Å². The van der Waals surface area contributed by atoms with Gasteiger partial charge >= 0.3 is 0 Å². The predicted octanol–water partition coefficient (Wildman–Crippen LogP) is 3.34. The van der Waals surface area contributed by atoms with Gasteiger partial charge in [0, 0.05) is 5.41 Å². The summed E-state index contributed by atoms with van der Waals surface area (Å²) in [6, 6.07) is 0. The van der Waals surface area contributed by atoms with E-state index in [-0.39, 0.29) is 5.41 Å². The molecule has 16 heavy (non-hydrogen) atoms. The molecule has 1 rings (SSSR count). The quantitative estimate of drug-likeness (QED) is 0.715. The Bertz CT molecular complexity index is 283. The van der Waals surface area contributed by atoms with E-state index in [1.165, 1.54) is 0 Å². The number of hydrogen-bond donors (Lipinski definition) is 1. The van der Waals surface area contributed by atoms with Gasteiger partial charge in [0.05, 0.1) is 14.7 Å². The van der Waals surface area contributed by atoms with E-state index in [1.807, 2.05) is 20.8 Å². The van der Waals surface area contributed by atoms with Crippen LogP contribution in [0.4, 0.5) is 0 Å². The van der Waals surface area contributed by atoms with Crippen LogP contribution in [0.3, 0.4) is 0 Å². The Balaban J connectivity index is 3.10. The molecule has 0 bridgehead atoms. The van der Waals surface area contributed by atoms with Crippen LogP contribution < -0.4 is 0 Å². The van der Waals surface area contributed by atoms with Gasteiger partial charge in [-0.15, -0.1) is 0 Å². The third-order valence-corrected chi connectivity index (χ3v) is 4.17. The van der Waals surface area contributed by atoms with Crippen molar-refractivity contribution in [2.45, 2.75) is 59.0 Å². The molecule has 0 spiro atoms. The monoisotopic (exact) mass is 242 g/mol. The summed E-state index contributed by atoms with van der Waals surface area (Å²) < 4.78 is 5.70. The van der Waals surface area contributed by atoms with Crippen LogP contribution in [0.25, 0.3) is 0 Å². The van der Waals surface area contributed by atoms with E-state index in [2.05, 4.69) is 25.3 Å². The minimum absolute atomic E-state index is 0.265. The van der Waals surface area contributed by atoms with Gasteiger partial charge in [-0.2, -0.15) is 0 Å². The highest BCUT2D eigenvalue weighted by Gasteiger charge is 2.46. The van der Waals surface area contributed by atoms with Crippen LogP contribution >= 0.6 is 0 Å². The predicted molar refractivity (Wildman–Crippen MR) is 71.0 cm³/mol. The molecule has 94 valence electrons. The first-order chi connectivity index (χ1) is 7.06. The van der Waals surface area contributed by atoms with Crippen LogP contribution in [-0.2, 0) is 4.74 Å². The standard InChI is InChI=1S/C13H26O2Si/c1-12(2,3)13(14)11(8-7-9-15-13)10-16(4,5)6/h10,14H,7-9H2,1-6H3/b11-10+. The summed E-state index contributed by atoms with van der Waals surface area (Å²) in [5, 5.41) is 10.8. The molecule has 0 aromatic heterocycles. The average molecular weight is 242 g/mol. The highest BCUT2D eigenvalue weighted by molar-refractivity contribution is 6.81. The SMILES string of the molecule is CC(C)(C)C1(O)OCCC/C1=C\[Si](C)(C)C. The van der Waals surface area contributed by atoms with Gasteiger partial charge in [0.25, 0.3) is 0 Å². The molecule has 1 N–H and O–H groups in total. The Kier molecular flexibility index (Phi) is 3.73. The van der Waals surface area contributed by atoms with E-state index < -0.39 is 13.9 Å². The van der Waals surface area contributed by atoms with Crippen molar-refractivity contribution in [3.63, 3.8) is 0 Å². The largest absolute Gasteiger partial charge is 0.362 e. The fourth-order valence-electron chi connectivity index (χ4n) is 2.14. The summed E-state index contributed by atoms with van der Waals surface area (Å²) in [6.07, 6.45) is 1.99. The van der Waals surface area contributed by atoms with Crippen molar-refractivity contribution in [1.29, 1.82) is 0 Å². The molecule has 0 radical (unpaired) electrons. The molecule has 2 nitrogen and oxygen atoms in total. The molecule has 1 atom stereocenters. The maximum atomic E-state index is 10.8. The third kappa shape index (κ3) is 2.96. The first-order valence-electron chi connectivity index (χ1n) is 6.15. The molecule has 0 amide bonds. The molecular formula is C13H26O2Si. The molecule has 1 heterocycles. The average Bonchev–Trinajstić information content (AvgIpc) is 2.04. The Morgan fingerprint density at radius 1 is 1.31 bits per heavy atom. The Morgan fingerprint density at radius 2 is 1.88 bits per heavy atom. The normalized spacial score (nSPS) is 30.8. The van der Waals surface area contributed by atoms with E-state index >= 15 is 0 Å². The molecule has 1 fully saturated rings. The van der Waals surface area contributed by atoms with E-state index in [1.54, 1.807) is 0 Å². The lowest BCUT2D eigenvalue weighted by Crippen LogP contribution is -2.50. The molecule has 0 saturated carbocycles. The maximum Gasteiger partial charge on any atom is 0.192 e. The molecule has 0 aromatic carbocycles. The number of rotatable bonds is 1. The van der Waals surface area contributed by atoms with Gasteiger partial charge in [0.2, 0.25) is 0 Å². The molecule has 0 aliphatic carbocycles. The summed E-state index contributed by atoms with van der Waals surface area (Å²) in [4.78, 5) is 0. The number of hydrogen-bond acceptors (Lipinski definition) is 2. The van der Waals surface area contributed by atoms with Gasteiger partial charge in [-0.25, -0.2) is 0 Å². The van der Waals surface area contributed by atoms with Crippen molar-refractivity contribution in [2.24, 2.45) is 5.41 Å². The second-order valence-electron chi connectivity index (χ2n) is 6.88. The van der Waals surface area contributed by atoms with E-state index in [0.717, 1.165) is 18.4 Å². The molecule has 3 heteroatoms. The van der Waals surface area contributed by atoms with Crippen LogP contribution in [0.5, 0.6) is 0 Å². The van der Waals surface area contributed by atoms with Gasteiger partial charge in [-0.1, -0.05) is 46.1 Å². The Morgan fingerprint density at radius 3 is 2.31 bits per heavy atom. The number of aliphatic hydroxyl groups is 1. The lowest BCUT2D eigenvalue weighted by atomic mass is 9.78. The van der Waals surface area contributed by atoms with Crippen molar-refractivity contribution in [3.05, 3.63) is 11.3 Å². The van der Waals surface area contributed by atoms with Gasteiger partial charge in [-0.3, -0.25) is 0 Å². The molecule has 1 aliphatic rings. The van der Waals surface area contributed by atoms with Gasteiger partial charge in [0.15, 0.2) is 5.79 Å². The van der Waals surface area contributed by atoms with Crippen molar-refractivity contribution in [3.8, 4) is 0 Å². The minimum Gasteiger partial charge on any atom is -0.362 e. The molecule has 1 aliphatic heterocycles. The zero-order chi connectivity index (χ0) is 12.6. The molecule has 1 saturated heterocycles. The van der Waals surface area contributed by atoms with Gasteiger partial charge in [-0.05, 0) is 18.4 Å². The van der Waals surface area contributed by atoms with Crippen LogP contribution in [0.2, 0.25) is 19.6 Å². The highest BCUT2D eigenvalue weighted by atomic mass is 28.3. The molecular weight excluding hydrogens is 216 g/mol. The summed E-state index contributed by atoms with van der Waals surface area (Å²) in [5.74, 6) is -1.06. The van der Waals surface area contributed by atoms with Crippen molar-refractivity contribution < 1.29 is 9.84 Å². The zero-order valence-corrected chi connectivity index (χ0v) is 12.6. The molecule has 0 aromatic rings. The van der Waals surface area contributed by atoms with Crippen LogP contribution in [0.1, 0.15) is 33.6 Å². The fraction of sp³-hybridized carbons (Fsp3) is 0.846. The van der Waals surface area contributed by atoms with Crippen LogP contribution in [0, 0.1) is 5.41 Å². The summed E-state index contributed by atoms with van der Waals surface area (Å²) in [6.45, 7) is 13.6. The van der Waals surface area contributed by atoms with Crippen molar-refractivity contribution in [1.82, 2.24) is 0 Å². The number of ether oxygens (including phenoxy) is 1. The second-order valence-corrected chi connectivity index (χ2v) is 11.9. The fourth-order valence-corrected chi connectivity index (χ4v) is 3.52. The third-order valence-electron chi connectivity index (χ3n) is 2.96. The van der Waals surface area contributed by atoms with E-state index in [4.69, 9.17) is 4.74 Å². The first kappa shape index (κ1) is 13.9. The Labute approximate surface area is 101 Å². The maximum absolute atomic E-state index is 10.8. The summed E-state index contributed by atoms with van der Waals surface area (Å²) in [5.41, 5.74) is 3.14. The minimum atomic E-state index is -1.31. The van der Waals surface area contributed by atoms with Gasteiger partial charge in [0.1, 0.15) is 0 Å². The first-order valence-corrected chi connectivity index (χ1v) is 9.72. The lowest BCUT2D eigenvalue weighted by Gasteiger charge is -2.45. The summed E-state index contributed by atoms with van der Waals surface area (Å²) in [7, 11) is -1.31. The lowest BCUT2D eigenvalue weighted by molar-refractivity contribution is -0.245. The van der Waals surface area contributed by atoms with Gasteiger partial charge < -0.3 is 9.84 Å². The van der Waals surface area contributed by atoms with E-state index in [0.29, 0.717) is 6.61 Å².